The summed E-state index contributed by atoms with van der Waals surface area (Å²) in [4.78, 5) is 15.8. The van der Waals surface area contributed by atoms with Crippen molar-refractivity contribution in [3.63, 3.8) is 0 Å². The maximum atomic E-state index is 5.39. The third-order valence-corrected chi connectivity index (χ3v) is 12.8. The standard InChI is InChI=1S/C51H29N5S/c1-2-13-30(14-3-1)50-52-41-29-38-36-19-7-9-22-42(36)55-45-26-25-32(28-39(45)46(48(38)55)49(41)57-50)31-15-12-16-33(27-31)47-37-20-4-8-21-40(37)53-51(54-47)56-43-23-10-5-17-34(43)35-18-6-11-24-44(35)56/h1-29H. The van der Waals surface area contributed by atoms with Gasteiger partial charge in [-0.05, 0) is 59.7 Å². The lowest BCUT2D eigenvalue weighted by molar-refractivity contribution is 1.01. The van der Waals surface area contributed by atoms with Crippen LogP contribution in [0.4, 0.5) is 0 Å². The summed E-state index contributed by atoms with van der Waals surface area (Å²) in [5.41, 5.74) is 13.2. The third-order valence-electron chi connectivity index (χ3n) is 11.7. The van der Waals surface area contributed by atoms with Crippen LogP contribution in [0, 0.1) is 0 Å². The lowest BCUT2D eigenvalue weighted by Gasteiger charge is -2.12. The van der Waals surface area contributed by atoms with E-state index >= 15 is 0 Å². The van der Waals surface area contributed by atoms with Gasteiger partial charge in [0.25, 0.3) is 0 Å². The first-order valence-corrected chi connectivity index (χ1v) is 20.0. The van der Waals surface area contributed by atoms with Crippen molar-refractivity contribution in [3.05, 3.63) is 176 Å². The van der Waals surface area contributed by atoms with Gasteiger partial charge < -0.3 is 4.40 Å². The fraction of sp³-hybridized carbons (Fsp3) is 0. The highest BCUT2D eigenvalue weighted by atomic mass is 32.1. The second-order valence-electron chi connectivity index (χ2n) is 14.8. The zero-order valence-corrected chi connectivity index (χ0v) is 31.2. The van der Waals surface area contributed by atoms with E-state index in [0.717, 1.165) is 60.4 Å². The molecule has 0 aliphatic rings. The van der Waals surface area contributed by atoms with Gasteiger partial charge in [0.1, 0.15) is 5.01 Å². The second kappa shape index (κ2) is 11.6. The zero-order chi connectivity index (χ0) is 37.2. The predicted octanol–water partition coefficient (Wildman–Crippen LogP) is 13.5. The van der Waals surface area contributed by atoms with Crippen molar-refractivity contribution in [2.45, 2.75) is 0 Å². The Morgan fingerprint density at radius 1 is 0.386 bits per heavy atom. The van der Waals surface area contributed by atoms with Crippen molar-refractivity contribution in [1.29, 1.82) is 0 Å². The Hall–Kier alpha value is -7.41. The predicted molar refractivity (Wildman–Crippen MR) is 238 cm³/mol. The lowest BCUT2D eigenvalue weighted by Crippen LogP contribution is -2.03. The van der Waals surface area contributed by atoms with E-state index < -0.39 is 0 Å². The Morgan fingerprint density at radius 2 is 1.00 bits per heavy atom. The van der Waals surface area contributed by atoms with Crippen LogP contribution in [0.25, 0.3) is 120 Å². The lowest BCUT2D eigenvalue weighted by atomic mass is 9.98. The fourth-order valence-corrected chi connectivity index (χ4v) is 10.3. The Kier molecular flexibility index (Phi) is 6.26. The minimum atomic E-state index is 0.662. The highest BCUT2D eigenvalue weighted by Crippen LogP contribution is 2.46. The average molecular weight is 744 g/mol. The molecule has 6 heteroatoms. The molecule has 264 valence electrons. The van der Waals surface area contributed by atoms with Crippen LogP contribution < -0.4 is 0 Å². The number of para-hydroxylation sites is 4. The van der Waals surface area contributed by atoms with Crippen molar-refractivity contribution in [3.8, 4) is 38.9 Å². The van der Waals surface area contributed by atoms with Crippen LogP contribution in [-0.2, 0) is 0 Å². The molecule has 8 aromatic carbocycles. The molecule has 0 N–H and O–H groups in total. The van der Waals surface area contributed by atoms with Crippen LogP contribution in [0.1, 0.15) is 0 Å². The minimum Gasteiger partial charge on any atom is -0.308 e. The smallest absolute Gasteiger partial charge is 0.235 e. The zero-order valence-electron chi connectivity index (χ0n) is 30.4. The van der Waals surface area contributed by atoms with Gasteiger partial charge in [-0.3, -0.25) is 4.57 Å². The van der Waals surface area contributed by atoms with E-state index in [9.17, 15) is 0 Å². The Labute approximate surface area is 329 Å². The van der Waals surface area contributed by atoms with Crippen LogP contribution in [-0.4, -0.2) is 23.9 Å². The number of hydrogen-bond donors (Lipinski definition) is 0. The second-order valence-corrected chi connectivity index (χ2v) is 15.8. The molecule has 0 amide bonds. The Balaban J connectivity index is 1.03. The highest BCUT2D eigenvalue weighted by Gasteiger charge is 2.23. The van der Waals surface area contributed by atoms with Crippen molar-refractivity contribution < 1.29 is 0 Å². The molecule has 57 heavy (non-hydrogen) atoms. The molecule has 0 saturated carbocycles. The summed E-state index contributed by atoms with van der Waals surface area (Å²) < 4.78 is 5.88. The van der Waals surface area contributed by atoms with Gasteiger partial charge in [-0.25, -0.2) is 15.0 Å². The summed E-state index contributed by atoms with van der Waals surface area (Å²) in [5, 5.41) is 9.44. The first-order chi connectivity index (χ1) is 28.3. The molecule has 0 saturated heterocycles. The summed E-state index contributed by atoms with van der Waals surface area (Å²) in [6, 6.07) is 62.7. The first-order valence-electron chi connectivity index (χ1n) is 19.2. The van der Waals surface area contributed by atoms with E-state index in [0.29, 0.717) is 5.95 Å². The van der Waals surface area contributed by atoms with E-state index in [1.54, 1.807) is 11.3 Å². The van der Waals surface area contributed by atoms with Gasteiger partial charge in [0.05, 0.1) is 49.0 Å². The van der Waals surface area contributed by atoms with Crippen LogP contribution in [0.5, 0.6) is 0 Å². The van der Waals surface area contributed by atoms with E-state index in [1.165, 1.54) is 53.6 Å². The number of thiazole rings is 1. The number of aromatic nitrogens is 5. The van der Waals surface area contributed by atoms with Crippen LogP contribution in [0.15, 0.2) is 176 Å². The molecular weight excluding hydrogens is 715 g/mol. The van der Waals surface area contributed by atoms with Crippen LogP contribution >= 0.6 is 11.3 Å². The van der Waals surface area contributed by atoms with E-state index in [-0.39, 0.29) is 0 Å². The molecule has 0 atom stereocenters. The van der Waals surface area contributed by atoms with Gasteiger partial charge in [-0.2, -0.15) is 0 Å². The third kappa shape index (κ3) is 4.36. The molecule has 0 spiro atoms. The molecule has 0 bridgehead atoms. The number of fused-ring (bicyclic) bond motifs is 12. The van der Waals surface area contributed by atoms with E-state index in [2.05, 4.69) is 185 Å². The molecule has 13 rings (SSSR count). The monoisotopic (exact) mass is 743 g/mol. The Bertz CT molecular complexity index is 3710. The van der Waals surface area contributed by atoms with E-state index in [1.807, 2.05) is 0 Å². The Morgan fingerprint density at radius 3 is 1.79 bits per heavy atom. The SMILES string of the molecule is c1ccc(-c2nc3cc4c5ccccc5n5c6ccc(-c7cccc(-c8nc(-n9c%10ccccc%10c%10ccccc%109)nc9ccccc89)c7)cc6c(c3s2)c45)cc1. The van der Waals surface area contributed by atoms with Crippen molar-refractivity contribution in [2.75, 3.05) is 0 Å². The fourth-order valence-electron chi connectivity index (χ4n) is 9.19. The topological polar surface area (TPSA) is 48.0 Å². The summed E-state index contributed by atoms with van der Waals surface area (Å²) in [7, 11) is 0. The van der Waals surface area contributed by atoms with Gasteiger partial charge in [-0.1, -0.05) is 127 Å². The van der Waals surface area contributed by atoms with Gasteiger partial charge >= 0.3 is 0 Å². The average Bonchev–Trinajstić information content (AvgIpc) is 4.03. The number of hydrogen-bond acceptors (Lipinski definition) is 4. The van der Waals surface area contributed by atoms with Crippen molar-refractivity contribution in [2.24, 2.45) is 0 Å². The highest BCUT2D eigenvalue weighted by molar-refractivity contribution is 7.22. The first kappa shape index (κ1) is 30.9. The molecule has 0 fully saturated rings. The van der Waals surface area contributed by atoms with Gasteiger partial charge in [-0.15, -0.1) is 11.3 Å². The van der Waals surface area contributed by atoms with Gasteiger partial charge in [0.15, 0.2) is 0 Å². The van der Waals surface area contributed by atoms with E-state index in [4.69, 9.17) is 15.0 Å². The molecule has 5 aromatic heterocycles. The molecule has 5 heterocycles. The van der Waals surface area contributed by atoms with Crippen molar-refractivity contribution in [1.82, 2.24) is 23.9 Å². The molecule has 0 unspecified atom stereocenters. The molecule has 5 nitrogen and oxygen atoms in total. The summed E-state index contributed by atoms with van der Waals surface area (Å²) in [5.74, 6) is 0.662. The van der Waals surface area contributed by atoms with Crippen molar-refractivity contribution >= 4 is 92.4 Å². The molecule has 0 radical (unpaired) electrons. The number of rotatable bonds is 4. The maximum absolute atomic E-state index is 5.39. The summed E-state index contributed by atoms with van der Waals surface area (Å²) in [6.45, 7) is 0. The summed E-state index contributed by atoms with van der Waals surface area (Å²) >= 11 is 1.79. The number of benzene rings is 8. The maximum Gasteiger partial charge on any atom is 0.235 e. The quantitative estimate of drug-likeness (QED) is 0.180. The minimum absolute atomic E-state index is 0.662. The number of nitrogens with zero attached hydrogens (tertiary/aromatic N) is 5. The normalized spacial score (nSPS) is 12.2. The molecular formula is C51H29N5S. The molecule has 13 aromatic rings. The summed E-state index contributed by atoms with van der Waals surface area (Å²) in [6.07, 6.45) is 0. The van der Waals surface area contributed by atoms with Gasteiger partial charge in [0.2, 0.25) is 5.95 Å². The largest absolute Gasteiger partial charge is 0.308 e. The van der Waals surface area contributed by atoms with Crippen LogP contribution in [0.2, 0.25) is 0 Å². The van der Waals surface area contributed by atoms with Crippen LogP contribution in [0.3, 0.4) is 0 Å². The molecule has 0 aliphatic carbocycles. The van der Waals surface area contributed by atoms with Gasteiger partial charge in [0, 0.05) is 48.8 Å². The molecule has 0 aliphatic heterocycles.